The van der Waals surface area contributed by atoms with Gasteiger partial charge in [-0.15, -0.1) is 0 Å². The van der Waals surface area contributed by atoms with Gasteiger partial charge in [0.05, 0.1) is 7.11 Å². The minimum Gasteiger partial charge on any atom is -0.468 e. The third-order valence-electron chi connectivity index (χ3n) is 5.20. The van der Waals surface area contributed by atoms with Gasteiger partial charge in [-0.1, -0.05) is 12.1 Å². The summed E-state index contributed by atoms with van der Waals surface area (Å²) in [6.45, 7) is 2.32. The SMILES string of the molecule is COC(=O)[C@]1(C)C(=O)C[C@H]2CC[C@@H]1N2Cc1ccc(F)cc1. The van der Waals surface area contributed by atoms with Crippen LogP contribution in [0.3, 0.4) is 0 Å². The van der Waals surface area contributed by atoms with E-state index in [4.69, 9.17) is 4.74 Å². The van der Waals surface area contributed by atoms with Crippen LogP contribution in [0.2, 0.25) is 0 Å². The molecule has 2 heterocycles. The number of rotatable bonds is 3. The number of ether oxygens (including phenoxy) is 1. The first-order chi connectivity index (χ1) is 10.5. The zero-order chi connectivity index (χ0) is 15.9. The third kappa shape index (κ3) is 2.24. The number of esters is 1. The van der Waals surface area contributed by atoms with Crippen LogP contribution in [0.4, 0.5) is 4.39 Å². The molecule has 22 heavy (non-hydrogen) atoms. The normalized spacial score (nSPS) is 31.3. The smallest absolute Gasteiger partial charge is 0.320 e. The molecule has 2 aliphatic heterocycles. The Morgan fingerprint density at radius 2 is 2.05 bits per heavy atom. The van der Waals surface area contributed by atoms with Gasteiger partial charge in [0.1, 0.15) is 11.2 Å². The van der Waals surface area contributed by atoms with Gasteiger partial charge in [-0.05, 0) is 37.5 Å². The molecule has 5 heteroatoms. The second kappa shape index (κ2) is 5.47. The Hall–Kier alpha value is -1.75. The van der Waals surface area contributed by atoms with E-state index in [2.05, 4.69) is 4.90 Å². The molecular formula is C17H20FNO3. The molecule has 1 aromatic carbocycles. The summed E-state index contributed by atoms with van der Waals surface area (Å²) in [5, 5.41) is 0. The highest BCUT2D eigenvalue weighted by Crippen LogP contribution is 2.45. The van der Waals surface area contributed by atoms with Crippen LogP contribution >= 0.6 is 0 Å². The van der Waals surface area contributed by atoms with E-state index in [1.807, 2.05) is 0 Å². The number of Topliss-reactive ketones (excluding diaryl/α,β-unsaturated/α-hetero) is 1. The van der Waals surface area contributed by atoms with E-state index in [1.165, 1.54) is 19.2 Å². The molecule has 0 radical (unpaired) electrons. The van der Waals surface area contributed by atoms with E-state index in [1.54, 1.807) is 19.1 Å². The fourth-order valence-electron chi connectivity index (χ4n) is 3.89. The van der Waals surface area contributed by atoms with Crippen LogP contribution in [0.15, 0.2) is 24.3 Å². The Balaban J connectivity index is 1.88. The summed E-state index contributed by atoms with van der Waals surface area (Å²) in [6.07, 6.45) is 2.09. The molecule has 0 aliphatic carbocycles. The van der Waals surface area contributed by atoms with E-state index >= 15 is 0 Å². The van der Waals surface area contributed by atoms with Gasteiger partial charge in [0.2, 0.25) is 0 Å². The maximum atomic E-state index is 13.0. The fourth-order valence-corrected chi connectivity index (χ4v) is 3.89. The first kappa shape index (κ1) is 15.2. The lowest BCUT2D eigenvalue weighted by Crippen LogP contribution is -2.58. The fraction of sp³-hybridized carbons (Fsp3) is 0.529. The number of ketones is 1. The maximum absolute atomic E-state index is 13.0. The number of hydrogen-bond donors (Lipinski definition) is 0. The molecule has 1 aromatic rings. The number of hydrogen-bond acceptors (Lipinski definition) is 4. The Morgan fingerprint density at radius 3 is 2.68 bits per heavy atom. The van der Waals surface area contributed by atoms with E-state index in [0.717, 1.165) is 18.4 Å². The number of methoxy groups -OCH3 is 1. The molecule has 4 nitrogen and oxygen atoms in total. The minimum atomic E-state index is -1.10. The van der Waals surface area contributed by atoms with Gasteiger partial charge in [-0.3, -0.25) is 14.5 Å². The van der Waals surface area contributed by atoms with Gasteiger partial charge < -0.3 is 4.74 Å². The summed E-state index contributed by atoms with van der Waals surface area (Å²) in [5.41, 5.74) is -0.109. The molecule has 3 atom stereocenters. The number of fused-ring (bicyclic) bond motifs is 2. The molecule has 118 valence electrons. The van der Waals surface area contributed by atoms with Crippen molar-refractivity contribution in [1.82, 2.24) is 4.90 Å². The number of nitrogens with zero attached hydrogens (tertiary/aromatic N) is 1. The van der Waals surface area contributed by atoms with Crippen molar-refractivity contribution in [3.8, 4) is 0 Å². The van der Waals surface area contributed by atoms with Gasteiger partial charge in [-0.25, -0.2) is 4.39 Å². The van der Waals surface area contributed by atoms with E-state index in [0.29, 0.717) is 13.0 Å². The molecular weight excluding hydrogens is 285 g/mol. The third-order valence-corrected chi connectivity index (χ3v) is 5.20. The van der Waals surface area contributed by atoms with Crippen LogP contribution in [0.25, 0.3) is 0 Å². The number of halogens is 1. The van der Waals surface area contributed by atoms with Crippen LogP contribution in [0.5, 0.6) is 0 Å². The quantitative estimate of drug-likeness (QED) is 0.635. The number of carbonyl (C=O) groups excluding carboxylic acids is 2. The van der Waals surface area contributed by atoms with Crippen molar-refractivity contribution >= 4 is 11.8 Å². The molecule has 2 fully saturated rings. The van der Waals surface area contributed by atoms with Crippen LogP contribution in [-0.4, -0.2) is 35.8 Å². The second-order valence-electron chi connectivity index (χ2n) is 6.37. The van der Waals surface area contributed by atoms with Gasteiger partial charge >= 0.3 is 5.97 Å². The van der Waals surface area contributed by atoms with E-state index in [-0.39, 0.29) is 23.7 Å². The Labute approximate surface area is 129 Å². The molecule has 3 rings (SSSR count). The van der Waals surface area contributed by atoms with Crippen molar-refractivity contribution in [3.63, 3.8) is 0 Å². The predicted octanol–water partition coefficient (Wildman–Crippen LogP) is 2.31. The van der Waals surface area contributed by atoms with Crippen LogP contribution in [-0.2, 0) is 20.9 Å². The zero-order valence-electron chi connectivity index (χ0n) is 12.8. The first-order valence-corrected chi connectivity index (χ1v) is 7.58. The number of carbonyl (C=O) groups is 2. The van der Waals surface area contributed by atoms with Crippen molar-refractivity contribution in [2.45, 2.75) is 44.8 Å². The van der Waals surface area contributed by atoms with Crippen molar-refractivity contribution in [1.29, 1.82) is 0 Å². The van der Waals surface area contributed by atoms with Crippen LogP contribution in [0, 0.1) is 11.2 Å². The lowest BCUT2D eigenvalue weighted by Gasteiger charge is -2.43. The Kier molecular flexibility index (Phi) is 3.77. The summed E-state index contributed by atoms with van der Waals surface area (Å²) in [7, 11) is 1.33. The lowest BCUT2D eigenvalue weighted by atomic mass is 9.74. The van der Waals surface area contributed by atoms with Gasteiger partial charge in [0.15, 0.2) is 5.78 Å². The standard InChI is InChI=1S/C17H20FNO3/c1-17(16(21)22-2)14-8-7-13(9-15(17)20)19(14)10-11-3-5-12(18)6-4-11/h3-6,13-14H,7-10H2,1-2H3/t13-,14+,17+/m1/s1. The van der Waals surface area contributed by atoms with E-state index in [9.17, 15) is 14.0 Å². The Morgan fingerprint density at radius 1 is 1.36 bits per heavy atom. The highest BCUT2D eigenvalue weighted by Gasteiger charge is 2.58. The minimum absolute atomic E-state index is 0.0257. The molecule has 0 unspecified atom stereocenters. The van der Waals surface area contributed by atoms with Crippen LogP contribution in [0.1, 0.15) is 31.7 Å². The summed E-state index contributed by atoms with van der Waals surface area (Å²) >= 11 is 0. The largest absolute Gasteiger partial charge is 0.468 e. The van der Waals surface area contributed by atoms with Crippen molar-refractivity contribution in [2.24, 2.45) is 5.41 Å². The summed E-state index contributed by atoms with van der Waals surface area (Å²) in [4.78, 5) is 26.9. The zero-order valence-corrected chi connectivity index (χ0v) is 12.8. The maximum Gasteiger partial charge on any atom is 0.320 e. The molecule has 2 saturated heterocycles. The average molecular weight is 305 g/mol. The highest BCUT2D eigenvalue weighted by molar-refractivity contribution is 6.05. The number of benzene rings is 1. The molecule has 0 aromatic heterocycles. The van der Waals surface area contributed by atoms with Crippen LogP contribution < -0.4 is 0 Å². The van der Waals surface area contributed by atoms with Gasteiger partial charge in [0, 0.05) is 25.0 Å². The second-order valence-corrected chi connectivity index (χ2v) is 6.37. The molecule has 2 bridgehead atoms. The highest BCUT2D eigenvalue weighted by atomic mass is 19.1. The monoisotopic (exact) mass is 305 g/mol. The molecule has 0 saturated carbocycles. The van der Waals surface area contributed by atoms with Crippen molar-refractivity contribution in [2.75, 3.05) is 7.11 Å². The predicted molar refractivity (Wildman–Crippen MR) is 78.5 cm³/mol. The number of piperidine rings is 1. The summed E-state index contributed by atoms with van der Waals surface area (Å²) in [6, 6.07) is 6.40. The summed E-state index contributed by atoms with van der Waals surface area (Å²) < 4.78 is 17.9. The topological polar surface area (TPSA) is 46.6 Å². The van der Waals surface area contributed by atoms with Gasteiger partial charge in [0.25, 0.3) is 0 Å². The van der Waals surface area contributed by atoms with Gasteiger partial charge in [-0.2, -0.15) is 0 Å². The van der Waals surface area contributed by atoms with Crippen molar-refractivity contribution < 1.29 is 18.7 Å². The molecule has 0 amide bonds. The molecule has 0 spiro atoms. The summed E-state index contributed by atoms with van der Waals surface area (Å²) in [5.74, 6) is -0.742. The van der Waals surface area contributed by atoms with E-state index < -0.39 is 11.4 Å². The Bertz CT molecular complexity index is 600. The average Bonchev–Trinajstić information content (AvgIpc) is 2.84. The van der Waals surface area contributed by atoms with Crippen molar-refractivity contribution in [3.05, 3.63) is 35.6 Å². The molecule has 0 N–H and O–H groups in total. The molecule has 2 aliphatic rings. The first-order valence-electron chi connectivity index (χ1n) is 7.58. The lowest BCUT2D eigenvalue weighted by molar-refractivity contribution is -0.165.